The fraction of sp³-hybridized carbons (Fsp3) is 0.385. The van der Waals surface area contributed by atoms with Crippen LogP contribution in [-0.4, -0.2) is 32.2 Å². The number of methoxy groups -OCH3 is 2. The molecule has 0 aromatic heterocycles. The van der Waals surface area contributed by atoms with E-state index in [9.17, 15) is 9.59 Å². The molecule has 0 unspecified atom stereocenters. The van der Waals surface area contributed by atoms with E-state index in [1.54, 1.807) is 18.2 Å². The molecule has 6 heteroatoms. The average molecular weight is 267 g/mol. The molecule has 104 valence electrons. The van der Waals surface area contributed by atoms with Crippen LogP contribution in [0.4, 0.5) is 0 Å². The molecule has 0 radical (unpaired) electrons. The SMILES string of the molecule is COC(=O)[C@@H](N)Cc1ccc(OC(C)=O)c(OC)c1. The Morgan fingerprint density at radius 2 is 1.95 bits per heavy atom. The van der Waals surface area contributed by atoms with Crippen molar-refractivity contribution in [1.29, 1.82) is 0 Å². The van der Waals surface area contributed by atoms with Crippen molar-refractivity contribution in [2.45, 2.75) is 19.4 Å². The normalized spacial score (nSPS) is 11.6. The van der Waals surface area contributed by atoms with Gasteiger partial charge in [-0.1, -0.05) is 6.07 Å². The maximum Gasteiger partial charge on any atom is 0.322 e. The highest BCUT2D eigenvalue weighted by atomic mass is 16.6. The summed E-state index contributed by atoms with van der Waals surface area (Å²) in [5, 5.41) is 0. The van der Waals surface area contributed by atoms with Crippen molar-refractivity contribution in [3.8, 4) is 11.5 Å². The van der Waals surface area contributed by atoms with Gasteiger partial charge in [0.15, 0.2) is 11.5 Å². The number of hydrogen-bond donors (Lipinski definition) is 1. The molecule has 1 aromatic carbocycles. The highest BCUT2D eigenvalue weighted by Crippen LogP contribution is 2.28. The Hall–Kier alpha value is -2.08. The zero-order valence-corrected chi connectivity index (χ0v) is 11.1. The molecule has 1 aromatic rings. The monoisotopic (exact) mass is 267 g/mol. The van der Waals surface area contributed by atoms with Crippen LogP contribution in [-0.2, 0) is 20.7 Å². The molecule has 0 spiro atoms. The highest BCUT2D eigenvalue weighted by Gasteiger charge is 2.16. The maximum atomic E-state index is 11.2. The van der Waals surface area contributed by atoms with E-state index in [2.05, 4.69) is 4.74 Å². The van der Waals surface area contributed by atoms with Crippen LogP contribution in [0.1, 0.15) is 12.5 Å². The minimum Gasteiger partial charge on any atom is -0.493 e. The molecule has 0 saturated heterocycles. The Balaban J connectivity index is 2.87. The van der Waals surface area contributed by atoms with Crippen LogP contribution in [0.2, 0.25) is 0 Å². The Labute approximate surface area is 111 Å². The molecule has 0 bridgehead atoms. The number of carbonyl (C=O) groups excluding carboxylic acids is 2. The number of esters is 2. The number of ether oxygens (including phenoxy) is 3. The molecule has 0 aliphatic rings. The van der Waals surface area contributed by atoms with Gasteiger partial charge in [0.2, 0.25) is 0 Å². The smallest absolute Gasteiger partial charge is 0.322 e. The Kier molecular flexibility index (Phi) is 5.32. The van der Waals surface area contributed by atoms with Crippen molar-refractivity contribution in [3.63, 3.8) is 0 Å². The molecule has 2 N–H and O–H groups in total. The lowest BCUT2D eigenvalue weighted by Crippen LogP contribution is -2.33. The molecule has 0 saturated carbocycles. The summed E-state index contributed by atoms with van der Waals surface area (Å²) in [5.41, 5.74) is 6.45. The van der Waals surface area contributed by atoms with Gasteiger partial charge < -0.3 is 19.9 Å². The van der Waals surface area contributed by atoms with Crippen molar-refractivity contribution < 1.29 is 23.8 Å². The molecule has 0 fully saturated rings. The predicted octanol–water partition coefficient (Wildman–Crippen LogP) is 0.663. The van der Waals surface area contributed by atoms with Crippen molar-refractivity contribution in [3.05, 3.63) is 23.8 Å². The van der Waals surface area contributed by atoms with Crippen molar-refractivity contribution in [1.82, 2.24) is 0 Å². The van der Waals surface area contributed by atoms with E-state index in [1.165, 1.54) is 21.1 Å². The number of hydrogen-bond acceptors (Lipinski definition) is 6. The number of nitrogens with two attached hydrogens (primary N) is 1. The standard InChI is InChI=1S/C13H17NO5/c1-8(15)19-11-5-4-9(7-12(11)17-2)6-10(14)13(16)18-3/h4-5,7,10H,6,14H2,1-3H3/t10-/m0/s1. The fourth-order valence-electron chi connectivity index (χ4n) is 1.57. The van der Waals surface area contributed by atoms with Gasteiger partial charge in [0.1, 0.15) is 6.04 Å². The fourth-order valence-corrected chi connectivity index (χ4v) is 1.57. The third-order valence-electron chi connectivity index (χ3n) is 2.44. The van der Waals surface area contributed by atoms with Crippen LogP contribution in [0.3, 0.4) is 0 Å². The van der Waals surface area contributed by atoms with E-state index in [0.29, 0.717) is 17.9 Å². The predicted molar refractivity (Wildman–Crippen MR) is 68.0 cm³/mol. The first-order valence-electron chi connectivity index (χ1n) is 5.66. The summed E-state index contributed by atoms with van der Waals surface area (Å²) in [7, 11) is 2.75. The Bertz CT molecular complexity index is 472. The van der Waals surface area contributed by atoms with Crippen LogP contribution in [0, 0.1) is 0 Å². The van der Waals surface area contributed by atoms with Crippen LogP contribution >= 0.6 is 0 Å². The number of rotatable bonds is 5. The molecule has 0 heterocycles. The minimum absolute atomic E-state index is 0.309. The lowest BCUT2D eigenvalue weighted by molar-refractivity contribution is -0.142. The first kappa shape index (κ1) is 15.0. The van der Waals surface area contributed by atoms with Gasteiger partial charge in [0.25, 0.3) is 0 Å². The van der Waals surface area contributed by atoms with Gasteiger partial charge in [-0.05, 0) is 24.1 Å². The second-order valence-corrected chi connectivity index (χ2v) is 3.91. The van der Waals surface area contributed by atoms with Gasteiger partial charge in [-0.15, -0.1) is 0 Å². The van der Waals surface area contributed by atoms with Gasteiger partial charge in [-0.3, -0.25) is 9.59 Å². The maximum absolute atomic E-state index is 11.2. The highest BCUT2D eigenvalue weighted by molar-refractivity contribution is 5.75. The molecule has 6 nitrogen and oxygen atoms in total. The summed E-state index contributed by atoms with van der Waals surface area (Å²) in [6.45, 7) is 1.31. The molecule has 0 amide bonds. The second kappa shape index (κ2) is 6.75. The number of carbonyl (C=O) groups is 2. The van der Waals surface area contributed by atoms with Gasteiger partial charge in [0.05, 0.1) is 14.2 Å². The summed E-state index contributed by atoms with van der Waals surface area (Å²) < 4.78 is 14.7. The van der Waals surface area contributed by atoms with Crippen molar-refractivity contribution in [2.75, 3.05) is 14.2 Å². The van der Waals surface area contributed by atoms with Crippen molar-refractivity contribution in [2.24, 2.45) is 5.73 Å². The van der Waals surface area contributed by atoms with E-state index in [1.807, 2.05) is 0 Å². The molecule has 0 aliphatic heterocycles. The molecule has 1 atom stereocenters. The van der Waals surface area contributed by atoms with Gasteiger partial charge in [-0.25, -0.2) is 0 Å². The zero-order valence-electron chi connectivity index (χ0n) is 11.1. The quantitative estimate of drug-likeness (QED) is 0.623. The first-order chi connectivity index (χ1) is 8.97. The zero-order chi connectivity index (χ0) is 14.4. The summed E-state index contributed by atoms with van der Waals surface area (Å²) >= 11 is 0. The van der Waals surface area contributed by atoms with Crippen LogP contribution in [0.5, 0.6) is 11.5 Å². The minimum atomic E-state index is -0.741. The Morgan fingerprint density at radius 1 is 1.26 bits per heavy atom. The largest absolute Gasteiger partial charge is 0.493 e. The van der Waals surface area contributed by atoms with E-state index in [0.717, 1.165) is 5.56 Å². The lowest BCUT2D eigenvalue weighted by Gasteiger charge is -2.12. The summed E-state index contributed by atoms with van der Waals surface area (Å²) in [5.74, 6) is -0.185. The molecular weight excluding hydrogens is 250 g/mol. The Morgan fingerprint density at radius 3 is 2.47 bits per heavy atom. The lowest BCUT2D eigenvalue weighted by atomic mass is 10.1. The third-order valence-corrected chi connectivity index (χ3v) is 2.44. The summed E-state index contributed by atoms with van der Waals surface area (Å²) in [4.78, 5) is 22.1. The molecular formula is C13H17NO5. The third kappa shape index (κ3) is 4.26. The number of benzene rings is 1. The van der Waals surface area contributed by atoms with Gasteiger partial charge in [0, 0.05) is 6.92 Å². The van der Waals surface area contributed by atoms with Gasteiger partial charge in [-0.2, -0.15) is 0 Å². The molecule has 0 aliphatic carbocycles. The second-order valence-electron chi connectivity index (χ2n) is 3.91. The van der Waals surface area contributed by atoms with E-state index < -0.39 is 18.0 Å². The first-order valence-corrected chi connectivity index (χ1v) is 5.66. The van der Waals surface area contributed by atoms with E-state index in [-0.39, 0.29) is 0 Å². The van der Waals surface area contributed by atoms with Crippen LogP contribution < -0.4 is 15.2 Å². The molecule has 1 rings (SSSR count). The average Bonchev–Trinajstić information content (AvgIpc) is 2.38. The van der Waals surface area contributed by atoms with E-state index >= 15 is 0 Å². The van der Waals surface area contributed by atoms with Crippen molar-refractivity contribution >= 4 is 11.9 Å². The van der Waals surface area contributed by atoms with E-state index in [4.69, 9.17) is 15.2 Å². The van der Waals surface area contributed by atoms with Crippen LogP contribution in [0.15, 0.2) is 18.2 Å². The van der Waals surface area contributed by atoms with Crippen LogP contribution in [0.25, 0.3) is 0 Å². The topological polar surface area (TPSA) is 87.9 Å². The summed E-state index contributed by atoms with van der Waals surface area (Å²) in [6, 6.07) is 4.24. The summed E-state index contributed by atoms with van der Waals surface area (Å²) in [6.07, 6.45) is 0.309. The molecule has 19 heavy (non-hydrogen) atoms. The van der Waals surface area contributed by atoms with Gasteiger partial charge >= 0.3 is 11.9 Å².